The second-order valence-corrected chi connectivity index (χ2v) is 3.35. The maximum atomic E-state index is 11.1. The number of carbonyl (C=O) groups excluding carboxylic acids is 1. The van der Waals surface area contributed by atoms with Gasteiger partial charge in [0.25, 0.3) is 0 Å². The number of nitrogens with zero attached hydrogens (tertiary/aromatic N) is 5. The van der Waals surface area contributed by atoms with E-state index in [1.807, 2.05) is 0 Å². The maximum absolute atomic E-state index is 11.1. The van der Waals surface area contributed by atoms with Crippen LogP contribution in [0.5, 0.6) is 0 Å². The highest BCUT2D eigenvalue weighted by atomic mass is 16.6. The van der Waals surface area contributed by atoms with Gasteiger partial charge in [0.15, 0.2) is 5.82 Å². The largest absolute Gasteiger partial charge is 0.447 e. The summed E-state index contributed by atoms with van der Waals surface area (Å²) in [4.78, 5) is 14.1. The van der Waals surface area contributed by atoms with Crippen molar-refractivity contribution < 1.29 is 9.53 Å². The third-order valence-corrected chi connectivity index (χ3v) is 2.11. The molecule has 1 aromatic heterocycles. The van der Waals surface area contributed by atoms with Gasteiger partial charge in [0, 0.05) is 6.42 Å². The van der Waals surface area contributed by atoms with Crippen LogP contribution in [0.15, 0.2) is 0 Å². The Morgan fingerprint density at radius 3 is 3.07 bits per heavy atom. The first kappa shape index (κ1) is 9.88. The first-order chi connectivity index (χ1) is 7.29. The number of hydrogen-bond acceptors (Lipinski definition) is 5. The second kappa shape index (κ2) is 4.24. The molecule has 0 atom stereocenters. The summed E-state index contributed by atoms with van der Waals surface area (Å²) >= 11 is 0. The summed E-state index contributed by atoms with van der Waals surface area (Å²) in [7, 11) is 0. The lowest BCUT2D eigenvalue weighted by Crippen LogP contribution is -2.28. The predicted molar refractivity (Wildman–Crippen MR) is 49.9 cm³/mol. The molecular formula is C8H13N5O2. The Bertz CT molecular complexity index is 351. The summed E-state index contributed by atoms with van der Waals surface area (Å²) < 4.78 is 4.79. The number of rotatable bonds is 4. The average Bonchev–Trinajstić information content (AvgIpc) is 2.79. The van der Waals surface area contributed by atoms with Crippen molar-refractivity contribution in [2.75, 3.05) is 13.2 Å². The third-order valence-electron chi connectivity index (χ3n) is 2.11. The molecule has 1 saturated heterocycles. The summed E-state index contributed by atoms with van der Waals surface area (Å²) in [6.07, 6.45) is 1.48. The Balaban J connectivity index is 1.95. The molecule has 0 aliphatic carbocycles. The van der Waals surface area contributed by atoms with E-state index in [0.29, 0.717) is 25.6 Å². The van der Waals surface area contributed by atoms with Crippen molar-refractivity contribution in [3.8, 4) is 0 Å². The molecule has 2 rings (SSSR count). The zero-order valence-corrected chi connectivity index (χ0v) is 8.59. The fourth-order valence-electron chi connectivity index (χ4n) is 1.37. The molecule has 1 aliphatic rings. The number of cyclic esters (lactones) is 1. The maximum Gasteiger partial charge on any atom is 0.411 e. The summed E-state index contributed by atoms with van der Waals surface area (Å²) in [6, 6.07) is 0. The first-order valence-electron chi connectivity index (χ1n) is 4.98. The van der Waals surface area contributed by atoms with E-state index in [1.165, 1.54) is 9.70 Å². The smallest absolute Gasteiger partial charge is 0.411 e. The Morgan fingerprint density at radius 2 is 2.40 bits per heavy atom. The third kappa shape index (κ3) is 2.23. The van der Waals surface area contributed by atoms with Crippen molar-refractivity contribution >= 4 is 6.09 Å². The highest BCUT2D eigenvalue weighted by molar-refractivity contribution is 5.68. The Labute approximate surface area is 87.0 Å². The number of carbonyl (C=O) groups is 1. The number of aryl methyl sites for hydroxylation is 1. The molecule has 7 heteroatoms. The van der Waals surface area contributed by atoms with E-state index in [9.17, 15) is 4.79 Å². The lowest BCUT2D eigenvalue weighted by Gasteiger charge is -2.09. The van der Waals surface area contributed by atoms with Gasteiger partial charge < -0.3 is 4.74 Å². The molecule has 2 heterocycles. The van der Waals surface area contributed by atoms with Crippen LogP contribution in [-0.4, -0.2) is 44.4 Å². The Morgan fingerprint density at radius 1 is 1.53 bits per heavy atom. The molecule has 0 radical (unpaired) electrons. The van der Waals surface area contributed by atoms with Crippen molar-refractivity contribution in [2.24, 2.45) is 0 Å². The van der Waals surface area contributed by atoms with Crippen LogP contribution in [0.2, 0.25) is 0 Å². The van der Waals surface area contributed by atoms with Crippen LogP contribution in [0.4, 0.5) is 4.79 Å². The van der Waals surface area contributed by atoms with Crippen LogP contribution in [0.3, 0.4) is 0 Å². The van der Waals surface area contributed by atoms with Crippen LogP contribution in [0, 0.1) is 0 Å². The van der Waals surface area contributed by atoms with Gasteiger partial charge in [-0.2, -0.15) is 0 Å². The zero-order chi connectivity index (χ0) is 10.7. The van der Waals surface area contributed by atoms with E-state index in [-0.39, 0.29) is 6.09 Å². The van der Waals surface area contributed by atoms with E-state index < -0.39 is 0 Å². The van der Waals surface area contributed by atoms with Crippen molar-refractivity contribution in [3.05, 3.63) is 5.82 Å². The summed E-state index contributed by atoms with van der Waals surface area (Å²) in [6.45, 7) is 3.40. The molecule has 1 amide bonds. The normalized spacial score (nSPS) is 15.8. The first-order valence-corrected chi connectivity index (χ1v) is 4.98. The van der Waals surface area contributed by atoms with Crippen molar-refractivity contribution in [1.82, 2.24) is 25.1 Å². The van der Waals surface area contributed by atoms with Gasteiger partial charge in [-0.15, -0.1) is 15.0 Å². The molecule has 7 nitrogen and oxygen atoms in total. The summed E-state index contributed by atoms with van der Waals surface area (Å²) in [5.41, 5.74) is 0. The molecule has 0 bridgehead atoms. The van der Waals surface area contributed by atoms with E-state index in [4.69, 9.17) is 4.74 Å². The minimum atomic E-state index is -0.315. The van der Waals surface area contributed by atoms with Gasteiger partial charge in [0.1, 0.15) is 13.3 Å². The van der Waals surface area contributed by atoms with Crippen LogP contribution in [0.1, 0.15) is 19.2 Å². The Kier molecular flexibility index (Phi) is 2.79. The lowest BCUT2D eigenvalue weighted by molar-refractivity contribution is 0.147. The van der Waals surface area contributed by atoms with Crippen molar-refractivity contribution in [2.45, 2.75) is 26.4 Å². The molecule has 82 valence electrons. The van der Waals surface area contributed by atoms with E-state index in [2.05, 4.69) is 22.3 Å². The molecule has 0 saturated carbocycles. The van der Waals surface area contributed by atoms with Crippen molar-refractivity contribution in [1.29, 1.82) is 0 Å². The molecule has 1 fully saturated rings. The SMILES string of the molecule is CCCc1nnn(CN2CCOC2=O)n1. The summed E-state index contributed by atoms with van der Waals surface area (Å²) in [5, 5.41) is 11.9. The van der Waals surface area contributed by atoms with Crippen molar-refractivity contribution in [3.63, 3.8) is 0 Å². The number of hydrogen-bond donors (Lipinski definition) is 0. The zero-order valence-electron chi connectivity index (χ0n) is 8.59. The minimum absolute atomic E-state index is 0.315. The van der Waals surface area contributed by atoms with Gasteiger partial charge in [-0.1, -0.05) is 6.92 Å². The quantitative estimate of drug-likeness (QED) is 0.702. The van der Waals surface area contributed by atoms with Gasteiger partial charge in [-0.25, -0.2) is 4.79 Å². The lowest BCUT2D eigenvalue weighted by atomic mass is 10.3. The van der Waals surface area contributed by atoms with E-state index >= 15 is 0 Å². The molecule has 0 unspecified atom stereocenters. The number of tetrazole rings is 1. The predicted octanol–water partition coefficient (Wildman–Crippen LogP) is 0.0353. The summed E-state index contributed by atoms with van der Waals surface area (Å²) in [5.74, 6) is 0.713. The van der Waals surface area contributed by atoms with Gasteiger partial charge in [-0.05, 0) is 11.6 Å². The molecule has 15 heavy (non-hydrogen) atoms. The fourth-order valence-corrected chi connectivity index (χ4v) is 1.37. The van der Waals surface area contributed by atoms with Gasteiger partial charge in [0.2, 0.25) is 0 Å². The van der Waals surface area contributed by atoms with Gasteiger partial charge in [0.05, 0.1) is 6.54 Å². The van der Waals surface area contributed by atoms with E-state index in [0.717, 1.165) is 12.8 Å². The van der Waals surface area contributed by atoms with Crippen LogP contribution in [0.25, 0.3) is 0 Å². The van der Waals surface area contributed by atoms with E-state index in [1.54, 1.807) is 0 Å². The van der Waals surface area contributed by atoms with Crippen LogP contribution < -0.4 is 0 Å². The monoisotopic (exact) mass is 211 g/mol. The number of aromatic nitrogens is 4. The number of amides is 1. The molecule has 0 N–H and O–H groups in total. The minimum Gasteiger partial charge on any atom is -0.447 e. The average molecular weight is 211 g/mol. The Hall–Kier alpha value is -1.66. The van der Waals surface area contributed by atoms with Crippen LogP contribution in [-0.2, 0) is 17.8 Å². The fraction of sp³-hybridized carbons (Fsp3) is 0.750. The number of ether oxygens (including phenoxy) is 1. The molecule has 0 aromatic carbocycles. The van der Waals surface area contributed by atoms with Crippen LogP contribution >= 0.6 is 0 Å². The topological polar surface area (TPSA) is 73.1 Å². The van der Waals surface area contributed by atoms with Gasteiger partial charge >= 0.3 is 6.09 Å². The molecular weight excluding hydrogens is 198 g/mol. The van der Waals surface area contributed by atoms with Gasteiger partial charge in [-0.3, -0.25) is 4.90 Å². The second-order valence-electron chi connectivity index (χ2n) is 3.35. The molecule has 0 spiro atoms. The molecule has 1 aliphatic heterocycles. The standard InChI is InChI=1S/C8H13N5O2/c1-2-3-7-9-11-13(10-7)6-12-4-5-15-8(12)14/h2-6H2,1H3. The highest BCUT2D eigenvalue weighted by Gasteiger charge is 2.22. The molecule has 1 aromatic rings. The highest BCUT2D eigenvalue weighted by Crippen LogP contribution is 2.03.